The summed E-state index contributed by atoms with van der Waals surface area (Å²) in [4.78, 5) is 14.6. The number of nitrogens with zero attached hydrogens (tertiary/aromatic N) is 4. The molecule has 2 aromatic rings. The minimum Gasteiger partial charge on any atom is -0.357 e. The molecule has 2 rings (SSSR count). The van der Waals surface area contributed by atoms with Crippen molar-refractivity contribution in [3.05, 3.63) is 51.3 Å². The van der Waals surface area contributed by atoms with Crippen molar-refractivity contribution in [2.45, 2.75) is 32.2 Å². The molecule has 0 saturated heterocycles. The van der Waals surface area contributed by atoms with Gasteiger partial charge in [0.1, 0.15) is 0 Å². The van der Waals surface area contributed by atoms with Crippen molar-refractivity contribution < 1.29 is 13.3 Å². The van der Waals surface area contributed by atoms with Crippen LogP contribution in [0.2, 0.25) is 0 Å². The zero-order valence-electron chi connectivity index (χ0n) is 17.5. The van der Waals surface area contributed by atoms with E-state index in [9.17, 15) is 18.5 Å². The van der Waals surface area contributed by atoms with E-state index in [2.05, 4.69) is 25.4 Å². The predicted octanol–water partition coefficient (Wildman–Crippen LogP) is 0.979. The molecule has 164 valence electrons. The number of aromatic nitrogens is 2. The lowest BCUT2D eigenvalue weighted by Crippen LogP contribution is -2.41. The Hall–Kier alpha value is -2.99. The predicted molar refractivity (Wildman–Crippen MR) is 114 cm³/mol. The van der Waals surface area contributed by atoms with E-state index in [1.807, 2.05) is 32.5 Å². The van der Waals surface area contributed by atoms with Crippen molar-refractivity contribution >= 4 is 21.7 Å². The van der Waals surface area contributed by atoms with Gasteiger partial charge in [-0.1, -0.05) is 6.07 Å². The van der Waals surface area contributed by atoms with Gasteiger partial charge in [0.05, 0.1) is 22.1 Å². The molecular weight excluding hydrogens is 410 g/mol. The normalized spacial score (nSPS) is 12.1. The number of non-ortho nitro benzene ring substituents is 1. The van der Waals surface area contributed by atoms with Crippen LogP contribution in [-0.4, -0.2) is 48.7 Å². The second-order valence-electron chi connectivity index (χ2n) is 6.55. The molecule has 1 aromatic carbocycles. The van der Waals surface area contributed by atoms with Crippen LogP contribution in [0.15, 0.2) is 34.2 Å². The van der Waals surface area contributed by atoms with Crippen molar-refractivity contribution in [2.24, 2.45) is 12.0 Å². The fraction of sp³-hybridized carbons (Fsp3) is 0.444. The second kappa shape index (κ2) is 10.2. The maximum atomic E-state index is 12.3. The van der Waals surface area contributed by atoms with Crippen molar-refractivity contribution in [1.82, 2.24) is 25.1 Å². The number of nitro groups is 1. The molecule has 0 saturated carbocycles. The van der Waals surface area contributed by atoms with Crippen molar-refractivity contribution in [2.75, 3.05) is 19.6 Å². The molecule has 30 heavy (non-hydrogen) atoms. The van der Waals surface area contributed by atoms with E-state index in [1.54, 1.807) is 0 Å². The highest BCUT2D eigenvalue weighted by Crippen LogP contribution is 2.17. The van der Waals surface area contributed by atoms with Crippen LogP contribution in [-0.2, 0) is 23.6 Å². The number of rotatable bonds is 9. The standard InChI is InChI=1S/C18H27N7O4S/c1-5-19-18(21-12-17-13(2)23-24(4)14(17)3)20-9-10-22-30(28,29)16-8-6-7-15(11-16)25(26)27/h6-8,11,22H,5,9-10,12H2,1-4H3,(H2,19,20,21). The van der Waals surface area contributed by atoms with Gasteiger partial charge in [0.15, 0.2) is 5.96 Å². The van der Waals surface area contributed by atoms with Crippen LogP contribution >= 0.6 is 0 Å². The summed E-state index contributed by atoms with van der Waals surface area (Å²) in [5, 5.41) is 21.4. The molecule has 0 radical (unpaired) electrons. The number of hydrogen-bond acceptors (Lipinski definition) is 6. The Kier molecular flexibility index (Phi) is 7.89. The van der Waals surface area contributed by atoms with E-state index < -0.39 is 14.9 Å². The number of aryl methyl sites for hydroxylation is 2. The van der Waals surface area contributed by atoms with Crippen LogP contribution in [0.25, 0.3) is 0 Å². The Labute approximate surface area is 175 Å². The van der Waals surface area contributed by atoms with Crippen LogP contribution in [0.1, 0.15) is 23.9 Å². The average Bonchev–Trinajstić information content (AvgIpc) is 2.94. The number of nitrogens with one attached hydrogen (secondary N) is 3. The number of benzene rings is 1. The highest BCUT2D eigenvalue weighted by atomic mass is 32.2. The lowest BCUT2D eigenvalue weighted by molar-refractivity contribution is -0.385. The smallest absolute Gasteiger partial charge is 0.270 e. The van der Waals surface area contributed by atoms with Gasteiger partial charge < -0.3 is 10.6 Å². The summed E-state index contributed by atoms with van der Waals surface area (Å²) in [6.07, 6.45) is 0. The third kappa shape index (κ3) is 6.00. The summed E-state index contributed by atoms with van der Waals surface area (Å²) in [5.74, 6) is 0.551. The first-order valence-corrected chi connectivity index (χ1v) is 10.9. The summed E-state index contributed by atoms with van der Waals surface area (Å²) in [5.41, 5.74) is 2.72. The molecule has 0 bridgehead atoms. The first-order valence-electron chi connectivity index (χ1n) is 9.41. The van der Waals surface area contributed by atoms with Gasteiger partial charge >= 0.3 is 0 Å². The van der Waals surface area contributed by atoms with Crippen molar-refractivity contribution in [3.63, 3.8) is 0 Å². The Bertz CT molecular complexity index is 1030. The van der Waals surface area contributed by atoms with Gasteiger partial charge in [0.2, 0.25) is 10.0 Å². The maximum absolute atomic E-state index is 12.3. The van der Waals surface area contributed by atoms with E-state index in [1.165, 1.54) is 18.2 Å². The van der Waals surface area contributed by atoms with Crippen LogP contribution in [0.4, 0.5) is 5.69 Å². The number of guanidine groups is 1. The van der Waals surface area contributed by atoms with Crippen LogP contribution < -0.4 is 15.4 Å². The second-order valence-corrected chi connectivity index (χ2v) is 8.31. The van der Waals surface area contributed by atoms with E-state index in [-0.39, 0.29) is 23.7 Å². The highest BCUT2D eigenvalue weighted by Gasteiger charge is 2.17. The Morgan fingerprint density at radius 3 is 2.60 bits per heavy atom. The van der Waals surface area contributed by atoms with E-state index in [4.69, 9.17) is 0 Å². The lowest BCUT2D eigenvalue weighted by Gasteiger charge is -2.12. The third-order valence-corrected chi connectivity index (χ3v) is 5.91. The minimum atomic E-state index is -3.86. The van der Waals surface area contributed by atoms with Gasteiger partial charge in [-0.3, -0.25) is 14.8 Å². The van der Waals surface area contributed by atoms with Gasteiger partial charge in [0, 0.05) is 50.1 Å². The van der Waals surface area contributed by atoms with Gasteiger partial charge in [-0.2, -0.15) is 5.10 Å². The van der Waals surface area contributed by atoms with Crippen LogP contribution in [0, 0.1) is 24.0 Å². The summed E-state index contributed by atoms with van der Waals surface area (Å²) in [6, 6.07) is 4.92. The molecule has 0 spiro atoms. The molecule has 12 heteroatoms. The SMILES string of the molecule is CCNC(=NCc1c(C)nn(C)c1C)NCCNS(=O)(=O)c1cccc([N+](=O)[O-])c1. The number of aliphatic imine (C=N–C) groups is 1. The number of hydrogen-bond donors (Lipinski definition) is 3. The molecule has 0 aliphatic rings. The summed E-state index contributed by atoms with van der Waals surface area (Å²) in [7, 11) is -1.97. The molecule has 11 nitrogen and oxygen atoms in total. The third-order valence-electron chi connectivity index (χ3n) is 4.45. The maximum Gasteiger partial charge on any atom is 0.270 e. The van der Waals surface area contributed by atoms with Crippen molar-refractivity contribution in [1.29, 1.82) is 0 Å². The van der Waals surface area contributed by atoms with E-state index in [0.29, 0.717) is 19.0 Å². The molecule has 1 heterocycles. The summed E-state index contributed by atoms with van der Waals surface area (Å²) in [6.45, 7) is 7.31. The van der Waals surface area contributed by atoms with Crippen molar-refractivity contribution in [3.8, 4) is 0 Å². The topological polar surface area (TPSA) is 144 Å². The molecule has 0 fully saturated rings. The molecule has 0 aliphatic carbocycles. The zero-order valence-corrected chi connectivity index (χ0v) is 18.3. The fourth-order valence-electron chi connectivity index (χ4n) is 2.76. The largest absolute Gasteiger partial charge is 0.357 e. The Morgan fingerprint density at radius 1 is 1.27 bits per heavy atom. The monoisotopic (exact) mass is 437 g/mol. The van der Waals surface area contributed by atoms with E-state index >= 15 is 0 Å². The highest BCUT2D eigenvalue weighted by molar-refractivity contribution is 7.89. The average molecular weight is 438 g/mol. The molecule has 3 N–H and O–H groups in total. The minimum absolute atomic E-state index is 0.0837. The first kappa shape index (κ1) is 23.3. The van der Waals surface area contributed by atoms with Crippen LogP contribution in [0.3, 0.4) is 0 Å². The molecule has 0 amide bonds. The van der Waals surface area contributed by atoms with Gasteiger partial charge in [-0.15, -0.1) is 0 Å². The quantitative estimate of drug-likeness (QED) is 0.174. The van der Waals surface area contributed by atoms with Gasteiger partial charge in [-0.25, -0.2) is 18.1 Å². The zero-order chi connectivity index (χ0) is 22.3. The van der Waals surface area contributed by atoms with Gasteiger partial charge in [-0.05, 0) is 26.8 Å². The number of nitro benzene ring substituents is 1. The van der Waals surface area contributed by atoms with Crippen LogP contribution in [0.5, 0.6) is 0 Å². The Morgan fingerprint density at radius 2 is 2.00 bits per heavy atom. The molecule has 1 aromatic heterocycles. The van der Waals surface area contributed by atoms with E-state index in [0.717, 1.165) is 23.0 Å². The number of sulfonamides is 1. The molecule has 0 aliphatic heterocycles. The molecule has 0 unspecified atom stereocenters. The summed E-state index contributed by atoms with van der Waals surface area (Å²) < 4.78 is 28.9. The molecular formula is C18H27N7O4S. The summed E-state index contributed by atoms with van der Waals surface area (Å²) >= 11 is 0. The molecule has 0 atom stereocenters. The fourth-order valence-corrected chi connectivity index (χ4v) is 3.83. The van der Waals surface area contributed by atoms with Gasteiger partial charge in [0.25, 0.3) is 5.69 Å². The first-order chi connectivity index (χ1) is 14.2. The lowest BCUT2D eigenvalue weighted by atomic mass is 10.2. The Balaban J connectivity index is 1.95.